The molecule has 1 atom stereocenters. The monoisotopic (exact) mass is 469 g/mol. The molecule has 0 bridgehead atoms. The van der Waals surface area contributed by atoms with Gasteiger partial charge in [0.15, 0.2) is 5.82 Å². The van der Waals surface area contributed by atoms with Crippen LogP contribution in [-0.4, -0.2) is 57.5 Å². The van der Waals surface area contributed by atoms with Gasteiger partial charge in [-0.1, -0.05) is 23.7 Å². The second-order valence-electron chi connectivity index (χ2n) is 9.20. The molecule has 0 unspecified atom stereocenters. The fourth-order valence-electron chi connectivity index (χ4n) is 5.08. The first kappa shape index (κ1) is 21.0. The second kappa shape index (κ2) is 8.01. The van der Waals surface area contributed by atoms with Crippen molar-refractivity contribution < 1.29 is 0 Å². The van der Waals surface area contributed by atoms with Gasteiger partial charge in [0.05, 0.1) is 29.6 Å². The van der Waals surface area contributed by atoms with Crippen molar-refractivity contribution in [2.24, 2.45) is 0 Å². The summed E-state index contributed by atoms with van der Waals surface area (Å²) in [7, 11) is 4.31. The highest BCUT2D eigenvalue weighted by Crippen LogP contribution is 2.40. The first-order valence-corrected chi connectivity index (χ1v) is 11.8. The van der Waals surface area contributed by atoms with Crippen LogP contribution in [0.4, 0.5) is 5.69 Å². The van der Waals surface area contributed by atoms with E-state index >= 15 is 0 Å². The van der Waals surface area contributed by atoms with Crippen molar-refractivity contribution in [3.05, 3.63) is 71.1 Å². The smallest absolute Gasteiger partial charge is 0.185 e. The third-order valence-corrected chi connectivity index (χ3v) is 7.45. The molecule has 2 aromatic heterocycles. The summed E-state index contributed by atoms with van der Waals surface area (Å²) in [6.07, 6.45) is 2.94. The fourth-order valence-corrected chi connectivity index (χ4v) is 5.39. The molecule has 2 aromatic carbocycles. The fraction of sp³-hybridized carbons (Fsp3) is 0.269. The first-order chi connectivity index (χ1) is 16.5. The van der Waals surface area contributed by atoms with Crippen molar-refractivity contribution >= 4 is 17.3 Å². The summed E-state index contributed by atoms with van der Waals surface area (Å²) in [4.78, 5) is 4.77. The van der Waals surface area contributed by atoms with Crippen LogP contribution in [0.25, 0.3) is 28.3 Å². The van der Waals surface area contributed by atoms with Gasteiger partial charge in [-0.2, -0.15) is 5.26 Å². The van der Waals surface area contributed by atoms with Gasteiger partial charge in [-0.25, -0.2) is 0 Å². The summed E-state index contributed by atoms with van der Waals surface area (Å²) in [6.45, 7) is 2.72. The van der Waals surface area contributed by atoms with Gasteiger partial charge >= 0.3 is 0 Å². The van der Waals surface area contributed by atoms with Gasteiger partial charge in [0.1, 0.15) is 11.5 Å². The van der Waals surface area contributed by atoms with E-state index in [-0.39, 0.29) is 0 Å². The number of anilines is 1. The van der Waals surface area contributed by atoms with Crippen LogP contribution in [0, 0.1) is 11.3 Å². The molecule has 2 aliphatic heterocycles. The maximum atomic E-state index is 9.13. The highest BCUT2D eigenvalue weighted by atomic mass is 35.5. The summed E-state index contributed by atoms with van der Waals surface area (Å²) in [6, 6.07) is 19.0. The molecule has 2 aliphatic rings. The van der Waals surface area contributed by atoms with Crippen LogP contribution in [0.1, 0.15) is 17.5 Å². The molecule has 1 fully saturated rings. The molecule has 0 saturated carbocycles. The number of nitriles is 1. The Morgan fingerprint density at radius 1 is 1.12 bits per heavy atom. The Morgan fingerprint density at radius 2 is 1.94 bits per heavy atom. The van der Waals surface area contributed by atoms with E-state index in [1.165, 1.54) is 17.7 Å². The van der Waals surface area contributed by atoms with Gasteiger partial charge in [0, 0.05) is 30.4 Å². The van der Waals surface area contributed by atoms with E-state index in [0.717, 1.165) is 41.4 Å². The normalized spacial score (nSPS) is 16.7. The lowest BCUT2D eigenvalue weighted by Gasteiger charge is -2.23. The zero-order valence-electron chi connectivity index (χ0n) is 19.1. The van der Waals surface area contributed by atoms with Crippen molar-refractivity contribution in [2.45, 2.75) is 19.0 Å². The zero-order chi connectivity index (χ0) is 23.4. The predicted octanol–water partition coefficient (Wildman–Crippen LogP) is 4.43. The van der Waals surface area contributed by atoms with E-state index in [2.05, 4.69) is 69.0 Å². The quantitative estimate of drug-likeness (QED) is 0.391. The van der Waals surface area contributed by atoms with Crippen LogP contribution < -0.4 is 4.90 Å². The zero-order valence-corrected chi connectivity index (χ0v) is 19.9. The Morgan fingerprint density at radius 3 is 2.68 bits per heavy atom. The number of rotatable bonds is 3. The maximum Gasteiger partial charge on any atom is 0.185 e. The molecule has 0 spiro atoms. The molecule has 0 N–H and O–H groups in total. The first-order valence-electron chi connectivity index (χ1n) is 11.4. The van der Waals surface area contributed by atoms with Crippen LogP contribution in [0.3, 0.4) is 0 Å². The number of benzene rings is 2. The Bertz CT molecular complexity index is 1420. The molecule has 8 heteroatoms. The second-order valence-corrected chi connectivity index (χ2v) is 9.56. The molecule has 0 radical (unpaired) electrons. The van der Waals surface area contributed by atoms with Crippen LogP contribution in [0.15, 0.2) is 54.9 Å². The standard InChI is InChI=1S/C26H24ClN7/c1-31(2)21-9-10-32(15-21)20-7-8-23-19(11-20)14-33-24(26-30-29-16-34(23)26)12-22(25(33)27)18-5-3-17(13-28)4-6-18/h3-8,11-12,16,21H,9-10,14-15H2,1-2H3/t21-/m1/s1. The molecule has 4 aromatic rings. The Kier molecular flexibility index (Phi) is 4.94. The highest BCUT2D eigenvalue weighted by Gasteiger charge is 2.28. The molecule has 0 aliphatic carbocycles. The molecule has 6 rings (SSSR count). The van der Waals surface area contributed by atoms with Crippen molar-refractivity contribution in [1.29, 1.82) is 5.26 Å². The largest absolute Gasteiger partial charge is 0.370 e. The molecule has 4 heterocycles. The topological polar surface area (TPSA) is 65.9 Å². The summed E-state index contributed by atoms with van der Waals surface area (Å²) >= 11 is 6.97. The Hall–Kier alpha value is -3.60. The summed E-state index contributed by atoms with van der Waals surface area (Å²) in [5.74, 6) is 0.766. The van der Waals surface area contributed by atoms with Gasteiger partial charge in [-0.15, -0.1) is 10.2 Å². The minimum Gasteiger partial charge on any atom is -0.370 e. The average molecular weight is 470 g/mol. The SMILES string of the molecule is CN(C)[C@@H]1CCN(c2ccc3c(c2)Cn2c(cc(-c4ccc(C#N)cc4)c2Cl)-c2nncn2-3)C1. The van der Waals surface area contributed by atoms with Crippen LogP contribution in [0.5, 0.6) is 0 Å². The highest BCUT2D eigenvalue weighted by molar-refractivity contribution is 6.32. The van der Waals surface area contributed by atoms with Crippen molar-refractivity contribution in [3.63, 3.8) is 0 Å². The van der Waals surface area contributed by atoms with E-state index in [9.17, 15) is 0 Å². The number of hydrogen-bond acceptors (Lipinski definition) is 5. The lowest BCUT2D eigenvalue weighted by Crippen LogP contribution is -2.31. The van der Waals surface area contributed by atoms with Gasteiger partial charge in [-0.3, -0.25) is 4.57 Å². The minimum absolute atomic E-state index is 0.573. The molecule has 7 nitrogen and oxygen atoms in total. The molecule has 0 amide bonds. The van der Waals surface area contributed by atoms with E-state index in [4.69, 9.17) is 16.9 Å². The van der Waals surface area contributed by atoms with Crippen molar-refractivity contribution in [3.8, 4) is 34.4 Å². The minimum atomic E-state index is 0.573. The lowest BCUT2D eigenvalue weighted by atomic mass is 10.1. The maximum absolute atomic E-state index is 9.13. The Balaban J connectivity index is 1.43. The van der Waals surface area contributed by atoms with Gasteiger partial charge in [0.25, 0.3) is 0 Å². The number of nitrogens with zero attached hydrogens (tertiary/aromatic N) is 7. The summed E-state index contributed by atoms with van der Waals surface area (Å²) < 4.78 is 4.15. The molecule has 170 valence electrons. The molecule has 1 saturated heterocycles. The third-order valence-electron chi connectivity index (χ3n) is 7.04. The lowest BCUT2D eigenvalue weighted by molar-refractivity contribution is 0.315. The third kappa shape index (κ3) is 3.30. The van der Waals surface area contributed by atoms with Gasteiger partial charge in [0.2, 0.25) is 0 Å². The van der Waals surface area contributed by atoms with Gasteiger partial charge in [-0.05, 0) is 68.0 Å². The van der Waals surface area contributed by atoms with Crippen LogP contribution in [-0.2, 0) is 6.54 Å². The molecular formula is C26H24ClN7. The van der Waals surface area contributed by atoms with Gasteiger partial charge < -0.3 is 14.4 Å². The van der Waals surface area contributed by atoms with Crippen LogP contribution >= 0.6 is 11.6 Å². The number of fused-ring (bicyclic) bond motifs is 5. The number of hydrogen-bond donors (Lipinski definition) is 0. The Labute approximate surface area is 203 Å². The number of aromatic nitrogens is 4. The summed E-state index contributed by atoms with van der Waals surface area (Å²) in [5, 5.41) is 18.4. The number of halogens is 1. The van der Waals surface area contributed by atoms with E-state index in [1.54, 1.807) is 6.33 Å². The predicted molar refractivity (Wildman–Crippen MR) is 133 cm³/mol. The van der Waals surface area contributed by atoms with Crippen molar-refractivity contribution in [1.82, 2.24) is 24.2 Å². The number of likely N-dealkylation sites (N-methyl/N-ethyl adjacent to an activating group) is 1. The van der Waals surface area contributed by atoms with Crippen LogP contribution in [0.2, 0.25) is 5.15 Å². The molecule has 34 heavy (non-hydrogen) atoms. The summed E-state index contributed by atoms with van der Waals surface area (Å²) in [5.41, 5.74) is 6.92. The van der Waals surface area contributed by atoms with E-state index in [0.29, 0.717) is 23.3 Å². The van der Waals surface area contributed by atoms with E-state index < -0.39 is 0 Å². The van der Waals surface area contributed by atoms with Crippen molar-refractivity contribution in [2.75, 3.05) is 32.1 Å². The molecular weight excluding hydrogens is 446 g/mol. The van der Waals surface area contributed by atoms with E-state index in [1.807, 2.05) is 28.8 Å². The average Bonchev–Trinajstić information content (AvgIpc) is 3.58.